The van der Waals surface area contributed by atoms with Crippen molar-refractivity contribution in [2.45, 2.75) is 52.4 Å². The van der Waals surface area contributed by atoms with Crippen LogP contribution in [0.3, 0.4) is 0 Å². The van der Waals surface area contributed by atoms with Crippen LogP contribution >= 0.6 is 0 Å². The van der Waals surface area contributed by atoms with Crippen LogP contribution in [0.5, 0.6) is 0 Å². The van der Waals surface area contributed by atoms with Gasteiger partial charge in [0.1, 0.15) is 0 Å². The third-order valence-corrected chi connectivity index (χ3v) is 7.30. The van der Waals surface area contributed by atoms with Crippen LogP contribution in [0.25, 0.3) is 0 Å². The molecule has 0 aromatic heterocycles. The maximum absolute atomic E-state index is 12.0. The molecule has 0 radical (unpaired) electrons. The SMILES string of the molecule is C#C[C@@H]1CC[C@H]2[C@@H]3CCC4=CC(=O)C(C)C[C@@H]4C3=CC[C@]12C. The van der Waals surface area contributed by atoms with Crippen LogP contribution < -0.4 is 0 Å². The van der Waals surface area contributed by atoms with Crippen molar-refractivity contribution in [2.24, 2.45) is 35.0 Å². The van der Waals surface area contributed by atoms with Crippen molar-refractivity contribution in [3.8, 4) is 12.3 Å². The van der Waals surface area contributed by atoms with Crippen LogP contribution in [-0.2, 0) is 4.79 Å². The fourth-order valence-corrected chi connectivity index (χ4v) is 5.95. The number of fused-ring (bicyclic) bond motifs is 5. The number of allylic oxidation sites excluding steroid dienone is 4. The molecule has 0 N–H and O–H groups in total. The van der Waals surface area contributed by atoms with Gasteiger partial charge in [-0.2, -0.15) is 0 Å². The minimum absolute atomic E-state index is 0.198. The van der Waals surface area contributed by atoms with Gasteiger partial charge in [0.15, 0.2) is 5.78 Å². The van der Waals surface area contributed by atoms with E-state index in [-0.39, 0.29) is 5.92 Å². The van der Waals surface area contributed by atoms with Crippen LogP contribution in [-0.4, -0.2) is 5.78 Å². The van der Waals surface area contributed by atoms with Crippen LogP contribution in [0.2, 0.25) is 0 Å². The molecule has 1 nitrogen and oxygen atoms in total. The highest BCUT2D eigenvalue weighted by atomic mass is 16.1. The molecule has 4 rings (SSSR count). The van der Waals surface area contributed by atoms with E-state index in [4.69, 9.17) is 6.42 Å². The smallest absolute Gasteiger partial charge is 0.158 e. The van der Waals surface area contributed by atoms with E-state index in [9.17, 15) is 4.79 Å². The summed E-state index contributed by atoms with van der Waals surface area (Å²) in [6.45, 7) is 4.53. The summed E-state index contributed by atoms with van der Waals surface area (Å²) in [7, 11) is 0. The van der Waals surface area contributed by atoms with Crippen molar-refractivity contribution in [1.29, 1.82) is 0 Å². The quantitative estimate of drug-likeness (QED) is 0.473. The first-order valence-corrected chi connectivity index (χ1v) is 8.95. The number of ketones is 1. The van der Waals surface area contributed by atoms with Crippen LogP contribution in [0.15, 0.2) is 23.3 Å². The van der Waals surface area contributed by atoms with Crippen LogP contribution in [0, 0.1) is 47.3 Å². The van der Waals surface area contributed by atoms with Gasteiger partial charge in [-0.1, -0.05) is 31.1 Å². The van der Waals surface area contributed by atoms with E-state index < -0.39 is 0 Å². The lowest BCUT2D eigenvalue weighted by atomic mass is 9.55. The molecule has 1 heteroatoms. The minimum atomic E-state index is 0.198. The second kappa shape index (κ2) is 4.85. The highest BCUT2D eigenvalue weighted by molar-refractivity contribution is 5.93. The zero-order valence-corrected chi connectivity index (χ0v) is 13.8. The summed E-state index contributed by atoms with van der Waals surface area (Å²) in [5.74, 6) is 6.13. The van der Waals surface area contributed by atoms with E-state index in [1.54, 1.807) is 5.57 Å². The lowest BCUT2D eigenvalue weighted by molar-refractivity contribution is -0.118. The Labute approximate surface area is 134 Å². The molecule has 1 unspecified atom stereocenters. The Morgan fingerprint density at radius 2 is 2.14 bits per heavy atom. The van der Waals surface area contributed by atoms with Gasteiger partial charge in [-0.3, -0.25) is 4.79 Å². The molecule has 0 saturated heterocycles. The Bertz CT molecular complexity index is 616. The fourth-order valence-electron chi connectivity index (χ4n) is 5.95. The molecular weight excluding hydrogens is 268 g/mol. The summed E-state index contributed by atoms with van der Waals surface area (Å²) in [6.07, 6.45) is 17.4. The van der Waals surface area contributed by atoms with Crippen LogP contribution in [0.1, 0.15) is 52.4 Å². The molecule has 0 aliphatic heterocycles. The average Bonchev–Trinajstić information content (AvgIpc) is 2.85. The highest BCUT2D eigenvalue weighted by Crippen LogP contribution is 2.61. The highest BCUT2D eigenvalue weighted by Gasteiger charge is 2.53. The monoisotopic (exact) mass is 294 g/mol. The number of carbonyl (C=O) groups is 1. The molecule has 0 heterocycles. The average molecular weight is 294 g/mol. The summed E-state index contributed by atoms with van der Waals surface area (Å²) >= 11 is 0. The molecule has 2 fully saturated rings. The first-order valence-electron chi connectivity index (χ1n) is 8.95. The largest absolute Gasteiger partial charge is 0.295 e. The molecule has 22 heavy (non-hydrogen) atoms. The van der Waals surface area contributed by atoms with Crippen molar-refractivity contribution < 1.29 is 4.79 Å². The molecule has 0 aromatic rings. The lowest BCUT2D eigenvalue weighted by Gasteiger charge is -2.49. The second-order valence-electron chi connectivity index (χ2n) is 8.27. The summed E-state index contributed by atoms with van der Waals surface area (Å²) in [6, 6.07) is 0. The number of terminal acetylenes is 1. The summed E-state index contributed by atoms with van der Waals surface area (Å²) in [5.41, 5.74) is 3.40. The van der Waals surface area contributed by atoms with Crippen molar-refractivity contribution in [2.75, 3.05) is 0 Å². The van der Waals surface area contributed by atoms with Crippen molar-refractivity contribution in [3.05, 3.63) is 23.3 Å². The Kier molecular flexibility index (Phi) is 3.16. The second-order valence-corrected chi connectivity index (χ2v) is 8.27. The predicted molar refractivity (Wildman–Crippen MR) is 88.9 cm³/mol. The standard InChI is InChI=1S/C21H26O/c1-4-15-6-8-19-17-7-5-14-12-20(22)13(2)11-18(14)16(17)9-10-21(15,19)3/h1,9,12-13,15,17-19H,5-8,10-11H2,2-3H3/t13?,15-,17-,18+,19+,21-/m1/s1. The molecule has 0 spiro atoms. The Morgan fingerprint density at radius 1 is 1.32 bits per heavy atom. The van der Waals surface area contributed by atoms with E-state index in [1.165, 1.54) is 24.8 Å². The topological polar surface area (TPSA) is 17.1 Å². The van der Waals surface area contributed by atoms with Gasteiger partial charge in [-0.15, -0.1) is 12.3 Å². The van der Waals surface area contributed by atoms with E-state index in [0.29, 0.717) is 23.0 Å². The van der Waals surface area contributed by atoms with Gasteiger partial charge in [0.2, 0.25) is 0 Å². The number of carbonyl (C=O) groups excluding carboxylic acids is 1. The lowest BCUT2D eigenvalue weighted by Crippen LogP contribution is -2.41. The predicted octanol–water partition coefficient (Wildman–Crippen LogP) is 4.54. The maximum Gasteiger partial charge on any atom is 0.158 e. The third kappa shape index (κ3) is 1.82. The molecule has 4 aliphatic carbocycles. The molecule has 0 aromatic carbocycles. The minimum Gasteiger partial charge on any atom is -0.295 e. The van der Waals surface area contributed by atoms with E-state index in [1.807, 2.05) is 6.08 Å². The molecule has 2 saturated carbocycles. The van der Waals surface area contributed by atoms with Gasteiger partial charge >= 0.3 is 0 Å². The first kappa shape index (κ1) is 14.3. The number of rotatable bonds is 0. The van der Waals surface area contributed by atoms with E-state index in [0.717, 1.165) is 31.1 Å². The van der Waals surface area contributed by atoms with E-state index >= 15 is 0 Å². The fraction of sp³-hybridized carbons (Fsp3) is 0.667. The molecule has 116 valence electrons. The zero-order chi connectivity index (χ0) is 15.5. The van der Waals surface area contributed by atoms with Gasteiger partial charge in [0.25, 0.3) is 0 Å². The molecule has 6 atom stereocenters. The van der Waals surface area contributed by atoms with Crippen molar-refractivity contribution in [1.82, 2.24) is 0 Å². The van der Waals surface area contributed by atoms with Gasteiger partial charge < -0.3 is 0 Å². The Balaban J connectivity index is 1.70. The third-order valence-electron chi connectivity index (χ3n) is 7.30. The number of hydrogen-bond donors (Lipinski definition) is 0. The van der Waals surface area contributed by atoms with Gasteiger partial charge in [0.05, 0.1) is 0 Å². The molecular formula is C21H26O. The summed E-state index contributed by atoms with van der Waals surface area (Å²) < 4.78 is 0. The zero-order valence-electron chi connectivity index (χ0n) is 13.8. The van der Waals surface area contributed by atoms with Crippen molar-refractivity contribution >= 4 is 5.78 Å². The first-order chi connectivity index (χ1) is 10.5. The molecule has 0 amide bonds. The van der Waals surface area contributed by atoms with Gasteiger partial charge in [-0.25, -0.2) is 0 Å². The summed E-state index contributed by atoms with van der Waals surface area (Å²) in [4.78, 5) is 12.0. The molecule has 4 aliphatic rings. The van der Waals surface area contributed by atoms with Crippen LogP contribution in [0.4, 0.5) is 0 Å². The Morgan fingerprint density at radius 3 is 2.91 bits per heavy atom. The van der Waals surface area contributed by atoms with E-state index in [2.05, 4.69) is 25.8 Å². The van der Waals surface area contributed by atoms with Crippen molar-refractivity contribution in [3.63, 3.8) is 0 Å². The van der Waals surface area contributed by atoms with Gasteiger partial charge in [-0.05, 0) is 61.9 Å². The normalized spacial score (nSPS) is 46.8. The Hall–Kier alpha value is -1.29. The number of hydrogen-bond acceptors (Lipinski definition) is 1. The van der Waals surface area contributed by atoms with Gasteiger partial charge in [0, 0.05) is 17.8 Å². The maximum atomic E-state index is 12.0. The summed E-state index contributed by atoms with van der Waals surface area (Å²) in [5, 5.41) is 0. The molecule has 0 bridgehead atoms.